The van der Waals surface area contributed by atoms with E-state index in [1.807, 2.05) is 31.2 Å². The first-order chi connectivity index (χ1) is 13.7. The third-order valence-corrected chi connectivity index (χ3v) is 4.49. The van der Waals surface area contributed by atoms with Crippen LogP contribution in [0, 0.1) is 6.92 Å². The third-order valence-electron chi connectivity index (χ3n) is 4.49. The van der Waals surface area contributed by atoms with Crippen molar-refractivity contribution in [3.63, 3.8) is 0 Å². The fourth-order valence-corrected chi connectivity index (χ4v) is 2.91. The highest BCUT2D eigenvalue weighted by molar-refractivity contribution is 5.90. The average Bonchev–Trinajstić information content (AvgIpc) is 2.66. The van der Waals surface area contributed by atoms with Gasteiger partial charge in [-0.2, -0.15) is 13.2 Å². The first-order valence-electron chi connectivity index (χ1n) is 9.49. The highest BCUT2D eigenvalue weighted by atomic mass is 19.4. The topological polar surface area (TPSA) is 49.4 Å². The monoisotopic (exact) mass is 406 g/mol. The van der Waals surface area contributed by atoms with E-state index in [1.165, 1.54) is 18.1 Å². The van der Waals surface area contributed by atoms with Gasteiger partial charge < -0.3 is 10.2 Å². The number of alkyl halides is 3. The Morgan fingerprint density at radius 2 is 1.72 bits per heavy atom. The Balaban J connectivity index is 1.88. The van der Waals surface area contributed by atoms with Crippen molar-refractivity contribution in [1.29, 1.82) is 0 Å². The minimum atomic E-state index is -4.90. The number of nitrogens with one attached hydrogen (secondary N) is 1. The van der Waals surface area contributed by atoms with E-state index in [2.05, 4.69) is 5.32 Å². The van der Waals surface area contributed by atoms with E-state index < -0.39 is 12.1 Å². The normalized spacial score (nSPS) is 11.2. The number of halogens is 3. The van der Waals surface area contributed by atoms with Crippen molar-refractivity contribution in [3.8, 4) is 0 Å². The Morgan fingerprint density at radius 1 is 1.03 bits per heavy atom. The number of hydrogen-bond acceptors (Lipinski definition) is 2. The largest absolute Gasteiger partial charge is 0.471 e. The zero-order chi connectivity index (χ0) is 21.4. The lowest BCUT2D eigenvalue weighted by atomic mass is 10.1. The highest BCUT2D eigenvalue weighted by Crippen LogP contribution is 2.21. The van der Waals surface area contributed by atoms with Gasteiger partial charge in [0.25, 0.3) is 0 Å². The van der Waals surface area contributed by atoms with Crippen molar-refractivity contribution in [1.82, 2.24) is 4.90 Å². The minimum Gasteiger partial charge on any atom is -0.331 e. The molecule has 156 valence electrons. The van der Waals surface area contributed by atoms with Gasteiger partial charge in [0.1, 0.15) is 0 Å². The standard InChI is InChI=1S/C22H25F3N2O2/c1-3-27(21(29)22(23,24)25)15-18-7-4-8-19(14-18)26-20(28)9-5-6-17-12-10-16(2)11-13-17/h4,7-8,10-14H,3,5-6,9,15H2,1-2H3,(H,26,28). The average molecular weight is 406 g/mol. The van der Waals surface area contributed by atoms with Crippen LogP contribution in [0.2, 0.25) is 0 Å². The quantitative estimate of drug-likeness (QED) is 0.680. The second-order valence-corrected chi connectivity index (χ2v) is 6.90. The predicted octanol–water partition coefficient (Wildman–Crippen LogP) is 4.87. The van der Waals surface area contributed by atoms with E-state index >= 15 is 0 Å². The van der Waals surface area contributed by atoms with Crippen LogP contribution in [-0.4, -0.2) is 29.4 Å². The van der Waals surface area contributed by atoms with Gasteiger partial charge in [-0.3, -0.25) is 9.59 Å². The van der Waals surface area contributed by atoms with Gasteiger partial charge in [0.15, 0.2) is 0 Å². The summed E-state index contributed by atoms with van der Waals surface area (Å²) in [6.07, 6.45) is -3.08. The van der Waals surface area contributed by atoms with Crippen LogP contribution in [0.15, 0.2) is 48.5 Å². The van der Waals surface area contributed by atoms with Crippen molar-refractivity contribution in [2.75, 3.05) is 11.9 Å². The van der Waals surface area contributed by atoms with Gasteiger partial charge in [0.2, 0.25) is 5.91 Å². The van der Waals surface area contributed by atoms with E-state index in [1.54, 1.807) is 24.3 Å². The van der Waals surface area contributed by atoms with Gasteiger partial charge >= 0.3 is 12.1 Å². The maximum atomic E-state index is 12.7. The zero-order valence-corrected chi connectivity index (χ0v) is 16.6. The van der Waals surface area contributed by atoms with Crippen molar-refractivity contribution < 1.29 is 22.8 Å². The molecule has 0 saturated heterocycles. The molecule has 0 fully saturated rings. The molecule has 0 aromatic heterocycles. The van der Waals surface area contributed by atoms with Gasteiger partial charge in [-0.05, 0) is 49.9 Å². The van der Waals surface area contributed by atoms with Crippen LogP contribution >= 0.6 is 0 Å². The number of hydrogen-bond donors (Lipinski definition) is 1. The molecule has 2 aromatic carbocycles. The van der Waals surface area contributed by atoms with Crippen LogP contribution in [0.4, 0.5) is 18.9 Å². The van der Waals surface area contributed by atoms with Crippen molar-refractivity contribution >= 4 is 17.5 Å². The molecular weight excluding hydrogens is 381 g/mol. The second-order valence-electron chi connectivity index (χ2n) is 6.90. The molecule has 4 nitrogen and oxygen atoms in total. The van der Waals surface area contributed by atoms with Gasteiger partial charge in [0, 0.05) is 25.2 Å². The summed E-state index contributed by atoms with van der Waals surface area (Å²) in [6.45, 7) is 3.27. The van der Waals surface area contributed by atoms with Crippen LogP contribution in [0.5, 0.6) is 0 Å². The lowest BCUT2D eigenvalue weighted by Crippen LogP contribution is -2.40. The van der Waals surface area contributed by atoms with Crippen LogP contribution < -0.4 is 5.32 Å². The van der Waals surface area contributed by atoms with Crippen molar-refractivity contribution in [2.24, 2.45) is 0 Å². The maximum Gasteiger partial charge on any atom is 0.471 e. The van der Waals surface area contributed by atoms with Crippen molar-refractivity contribution in [3.05, 3.63) is 65.2 Å². The van der Waals surface area contributed by atoms with Crippen LogP contribution in [0.25, 0.3) is 0 Å². The van der Waals surface area contributed by atoms with E-state index in [0.29, 0.717) is 24.1 Å². The Kier molecular flexibility index (Phi) is 7.82. The van der Waals surface area contributed by atoms with Crippen LogP contribution in [0.1, 0.15) is 36.5 Å². The summed E-state index contributed by atoms with van der Waals surface area (Å²) in [4.78, 5) is 24.3. The number of nitrogens with zero attached hydrogens (tertiary/aromatic N) is 1. The number of carbonyl (C=O) groups is 2. The molecule has 0 atom stereocenters. The molecule has 0 radical (unpaired) electrons. The molecule has 0 aliphatic rings. The van der Waals surface area contributed by atoms with Crippen molar-refractivity contribution in [2.45, 2.75) is 45.8 Å². The lowest BCUT2D eigenvalue weighted by Gasteiger charge is -2.22. The summed E-state index contributed by atoms with van der Waals surface area (Å²) in [6, 6.07) is 14.7. The molecular formula is C22H25F3N2O2. The maximum absolute atomic E-state index is 12.7. The number of aryl methyl sites for hydroxylation is 2. The molecule has 0 bridgehead atoms. The van der Waals surface area contributed by atoms with Gasteiger partial charge in [-0.25, -0.2) is 0 Å². The SMILES string of the molecule is CCN(Cc1cccc(NC(=O)CCCc2ccc(C)cc2)c1)C(=O)C(F)(F)F. The Bertz CT molecular complexity index is 833. The number of amides is 2. The molecule has 0 saturated carbocycles. The molecule has 2 rings (SSSR count). The fourth-order valence-electron chi connectivity index (χ4n) is 2.91. The molecule has 0 aliphatic heterocycles. The summed E-state index contributed by atoms with van der Waals surface area (Å²) in [5.74, 6) is -2.03. The Morgan fingerprint density at radius 3 is 2.34 bits per heavy atom. The molecule has 2 amide bonds. The fraction of sp³-hybridized carbons (Fsp3) is 0.364. The Hall–Kier alpha value is -2.83. The molecule has 29 heavy (non-hydrogen) atoms. The highest BCUT2D eigenvalue weighted by Gasteiger charge is 2.41. The van der Waals surface area contributed by atoms with E-state index in [-0.39, 0.29) is 19.0 Å². The first kappa shape index (κ1) is 22.5. The van der Waals surface area contributed by atoms with E-state index in [0.717, 1.165) is 11.3 Å². The first-order valence-corrected chi connectivity index (χ1v) is 9.49. The van der Waals surface area contributed by atoms with Crippen LogP contribution in [-0.2, 0) is 22.6 Å². The predicted molar refractivity (Wildman–Crippen MR) is 106 cm³/mol. The smallest absolute Gasteiger partial charge is 0.331 e. The van der Waals surface area contributed by atoms with Crippen LogP contribution in [0.3, 0.4) is 0 Å². The second kappa shape index (κ2) is 10.1. The van der Waals surface area contributed by atoms with E-state index in [4.69, 9.17) is 0 Å². The van der Waals surface area contributed by atoms with E-state index in [9.17, 15) is 22.8 Å². The molecule has 0 spiro atoms. The third kappa shape index (κ3) is 7.25. The molecule has 7 heteroatoms. The number of carbonyl (C=O) groups excluding carboxylic acids is 2. The molecule has 0 aliphatic carbocycles. The van der Waals surface area contributed by atoms with Gasteiger partial charge in [-0.15, -0.1) is 0 Å². The van der Waals surface area contributed by atoms with Gasteiger partial charge in [-0.1, -0.05) is 42.0 Å². The summed E-state index contributed by atoms with van der Waals surface area (Å²) < 4.78 is 38.0. The lowest BCUT2D eigenvalue weighted by molar-refractivity contribution is -0.185. The summed E-state index contributed by atoms with van der Waals surface area (Å²) in [7, 11) is 0. The minimum absolute atomic E-state index is 0.0616. The number of rotatable bonds is 8. The molecule has 1 N–H and O–H groups in total. The number of benzene rings is 2. The summed E-state index contributed by atoms with van der Waals surface area (Å²) >= 11 is 0. The Labute approximate surface area is 168 Å². The summed E-state index contributed by atoms with van der Waals surface area (Å²) in [5.41, 5.74) is 3.37. The summed E-state index contributed by atoms with van der Waals surface area (Å²) in [5, 5.41) is 2.76. The zero-order valence-electron chi connectivity index (χ0n) is 16.6. The number of anilines is 1. The molecule has 0 unspecified atom stereocenters. The van der Waals surface area contributed by atoms with Gasteiger partial charge in [0.05, 0.1) is 0 Å². The molecule has 0 heterocycles. The molecule has 2 aromatic rings.